The molecule has 4 unspecified atom stereocenters. The fraction of sp³-hybridized carbons (Fsp3) is 0.688. The predicted octanol–water partition coefficient (Wildman–Crippen LogP) is -1.11. The first kappa shape index (κ1) is 22.2. The zero-order chi connectivity index (χ0) is 19.5. The summed E-state index contributed by atoms with van der Waals surface area (Å²) in [6.07, 6.45) is -1.50. The molecule has 1 aliphatic heterocycles. The lowest BCUT2D eigenvalue weighted by atomic mass is 10.1. The van der Waals surface area contributed by atoms with Crippen LogP contribution in [0.4, 0.5) is 4.39 Å². The minimum atomic E-state index is -2.06. The summed E-state index contributed by atoms with van der Waals surface area (Å²) in [6, 6.07) is 0. The number of unbranched alkanes of at least 4 members (excludes halogenated alkanes) is 3. The molecule has 0 aliphatic carbocycles. The summed E-state index contributed by atoms with van der Waals surface area (Å²) < 4.78 is 13.5. The van der Waals surface area contributed by atoms with Crippen molar-refractivity contribution in [3.05, 3.63) is 12.2 Å². The second kappa shape index (κ2) is 11.7. The van der Waals surface area contributed by atoms with E-state index in [1.165, 1.54) is 17.1 Å². The van der Waals surface area contributed by atoms with Crippen LogP contribution < -0.4 is 0 Å². The average molecular weight is 376 g/mol. The van der Waals surface area contributed by atoms with Crippen LogP contribution in [0.3, 0.4) is 0 Å². The highest BCUT2D eigenvalue weighted by atomic mass is 19.1. The molecule has 4 N–H and O–H groups in total. The Morgan fingerprint density at radius 2 is 1.69 bits per heavy atom. The fourth-order valence-corrected chi connectivity index (χ4v) is 2.21. The fourth-order valence-electron chi connectivity index (χ4n) is 2.21. The third kappa shape index (κ3) is 7.16. The molecule has 9 nitrogen and oxygen atoms in total. The van der Waals surface area contributed by atoms with Gasteiger partial charge in [0.1, 0.15) is 24.9 Å². The highest BCUT2D eigenvalue weighted by Crippen LogP contribution is 2.08. The number of aliphatic hydroxyl groups excluding tert-OH is 4. The van der Waals surface area contributed by atoms with E-state index in [-0.39, 0.29) is 18.4 Å². The first-order valence-corrected chi connectivity index (χ1v) is 8.36. The Morgan fingerprint density at radius 3 is 2.31 bits per heavy atom. The van der Waals surface area contributed by atoms with Crippen molar-refractivity contribution < 1.29 is 39.2 Å². The molecule has 0 fully saturated rings. The Kier molecular flexibility index (Phi) is 9.96. The normalized spacial score (nSPS) is 19.2. The van der Waals surface area contributed by atoms with Crippen molar-refractivity contribution in [2.45, 2.75) is 50.2 Å². The zero-order valence-electron chi connectivity index (χ0n) is 14.3. The summed E-state index contributed by atoms with van der Waals surface area (Å²) in [5.74, 6) is -0.598. The molecule has 148 valence electrons. The van der Waals surface area contributed by atoms with Crippen LogP contribution in [0.5, 0.6) is 0 Å². The number of halogens is 1. The van der Waals surface area contributed by atoms with E-state index in [9.17, 15) is 24.2 Å². The SMILES string of the molecule is O=C1C=CC(=O)N1CCCCCCO/N=C/C(F)C(O)C(O)C(O)CO. The van der Waals surface area contributed by atoms with E-state index in [2.05, 4.69) is 5.16 Å². The summed E-state index contributed by atoms with van der Waals surface area (Å²) in [5, 5.41) is 39.8. The third-order valence-corrected chi connectivity index (χ3v) is 3.80. The molecular formula is C16H25FN2O7. The monoisotopic (exact) mass is 376 g/mol. The highest BCUT2D eigenvalue weighted by molar-refractivity contribution is 6.12. The molecule has 1 rings (SSSR count). The molecule has 2 amide bonds. The Labute approximate surface area is 150 Å². The molecular weight excluding hydrogens is 351 g/mol. The summed E-state index contributed by atoms with van der Waals surface area (Å²) >= 11 is 0. The van der Waals surface area contributed by atoms with Crippen molar-refractivity contribution in [2.24, 2.45) is 5.16 Å². The number of hydrogen-bond acceptors (Lipinski definition) is 8. The van der Waals surface area contributed by atoms with Crippen LogP contribution in [0.2, 0.25) is 0 Å². The Balaban J connectivity index is 2.06. The van der Waals surface area contributed by atoms with Crippen LogP contribution in [0.1, 0.15) is 25.7 Å². The van der Waals surface area contributed by atoms with Crippen LogP contribution in [0.15, 0.2) is 17.3 Å². The van der Waals surface area contributed by atoms with Gasteiger partial charge in [0, 0.05) is 18.7 Å². The molecule has 0 radical (unpaired) electrons. The standard InChI is InChI=1S/C16H25FN2O7/c17-11(15(24)16(25)12(21)10-20)9-18-26-8-4-2-1-3-7-19-13(22)5-6-14(19)23/h5-6,9,11-12,15-16,20-21,24-25H,1-4,7-8,10H2/b18-9+. The highest BCUT2D eigenvalue weighted by Gasteiger charge is 2.30. The molecule has 0 spiro atoms. The van der Waals surface area contributed by atoms with E-state index >= 15 is 0 Å². The van der Waals surface area contributed by atoms with Gasteiger partial charge in [-0.1, -0.05) is 11.6 Å². The largest absolute Gasteiger partial charge is 0.396 e. The van der Waals surface area contributed by atoms with Crippen LogP contribution in [0.25, 0.3) is 0 Å². The summed E-state index contributed by atoms with van der Waals surface area (Å²) in [6.45, 7) is -0.230. The summed E-state index contributed by atoms with van der Waals surface area (Å²) in [4.78, 5) is 28.6. The van der Waals surface area contributed by atoms with Gasteiger partial charge in [0.25, 0.3) is 11.8 Å². The molecule has 4 atom stereocenters. The van der Waals surface area contributed by atoms with E-state index in [0.717, 1.165) is 12.8 Å². The van der Waals surface area contributed by atoms with E-state index in [0.29, 0.717) is 25.6 Å². The molecule has 0 aromatic heterocycles. The number of rotatable bonds is 13. The van der Waals surface area contributed by atoms with Crippen LogP contribution >= 0.6 is 0 Å². The van der Waals surface area contributed by atoms with Crippen molar-refractivity contribution in [3.8, 4) is 0 Å². The second-order valence-corrected chi connectivity index (χ2v) is 5.84. The Bertz CT molecular complexity index is 497. The van der Waals surface area contributed by atoms with Crippen molar-refractivity contribution in [2.75, 3.05) is 19.8 Å². The Hall–Kier alpha value is -1.88. The molecule has 10 heteroatoms. The van der Waals surface area contributed by atoms with Crippen molar-refractivity contribution in [3.63, 3.8) is 0 Å². The lowest BCUT2D eigenvalue weighted by molar-refractivity contribution is -0.136. The smallest absolute Gasteiger partial charge is 0.253 e. The van der Waals surface area contributed by atoms with Gasteiger partial charge in [-0.05, 0) is 19.3 Å². The second-order valence-electron chi connectivity index (χ2n) is 5.84. The number of nitrogens with zero attached hydrogens (tertiary/aromatic N) is 2. The van der Waals surface area contributed by atoms with E-state index in [1.807, 2.05) is 0 Å². The van der Waals surface area contributed by atoms with Crippen LogP contribution in [-0.2, 0) is 14.4 Å². The zero-order valence-corrected chi connectivity index (χ0v) is 14.3. The quantitative estimate of drug-likeness (QED) is 0.138. The third-order valence-electron chi connectivity index (χ3n) is 3.80. The molecule has 0 bridgehead atoms. The molecule has 0 saturated carbocycles. The number of alkyl halides is 1. The first-order chi connectivity index (χ1) is 12.4. The van der Waals surface area contributed by atoms with Gasteiger partial charge in [-0.15, -0.1) is 0 Å². The van der Waals surface area contributed by atoms with E-state index in [1.54, 1.807) is 0 Å². The van der Waals surface area contributed by atoms with Gasteiger partial charge in [-0.2, -0.15) is 0 Å². The molecule has 0 saturated heterocycles. The maximum absolute atomic E-state index is 13.5. The maximum Gasteiger partial charge on any atom is 0.253 e. The van der Waals surface area contributed by atoms with Gasteiger partial charge < -0.3 is 25.3 Å². The number of hydrogen-bond donors (Lipinski definition) is 4. The van der Waals surface area contributed by atoms with Crippen molar-refractivity contribution in [1.29, 1.82) is 0 Å². The van der Waals surface area contributed by atoms with Gasteiger partial charge in [0.05, 0.1) is 12.8 Å². The van der Waals surface area contributed by atoms with Crippen molar-refractivity contribution in [1.82, 2.24) is 4.90 Å². The summed E-state index contributed by atoms with van der Waals surface area (Å²) in [7, 11) is 0. The van der Waals surface area contributed by atoms with E-state index < -0.39 is 31.1 Å². The minimum absolute atomic E-state index is 0.213. The lowest BCUT2D eigenvalue weighted by Gasteiger charge is -2.22. The predicted molar refractivity (Wildman–Crippen MR) is 88.8 cm³/mol. The number of imide groups is 1. The number of carbonyl (C=O) groups is 2. The van der Waals surface area contributed by atoms with Crippen molar-refractivity contribution >= 4 is 18.0 Å². The number of carbonyl (C=O) groups excluding carboxylic acids is 2. The maximum atomic E-state index is 13.5. The number of aliphatic hydroxyl groups is 4. The Morgan fingerprint density at radius 1 is 1.08 bits per heavy atom. The molecule has 0 aromatic carbocycles. The average Bonchev–Trinajstić information content (AvgIpc) is 2.96. The molecule has 1 aliphatic rings. The van der Waals surface area contributed by atoms with Gasteiger partial charge in [0.2, 0.25) is 0 Å². The molecule has 0 aromatic rings. The minimum Gasteiger partial charge on any atom is -0.396 e. The number of amides is 2. The first-order valence-electron chi connectivity index (χ1n) is 8.36. The van der Waals surface area contributed by atoms with Crippen LogP contribution in [-0.4, -0.2) is 87.6 Å². The van der Waals surface area contributed by atoms with E-state index in [4.69, 9.17) is 15.1 Å². The van der Waals surface area contributed by atoms with Gasteiger partial charge in [0.15, 0.2) is 6.17 Å². The summed E-state index contributed by atoms with van der Waals surface area (Å²) in [5.41, 5.74) is 0. The topological polar surface area (TPSA) is 140 Å². The molecule has 26 heavy (non-hydrogen) atoms. The number of oxime groups is 1. The van der Waals surface area contributed by atoms with Gasteiger partial charge in [-0.25, -0.2) is 4.39 Å². The van der Waals surface area contributed by atoms with Gasteiger partial charge >= 0.3 is 0 Å². The molecule has 1 heterocycles. The van der Waals surface area contributed by atoms with Gasteiger partial charge in [-0.3, -0.25) is 14.5 Å². The lowest BCUT2D eigenvalue weighted by Crippen LogP contribution is -2.44. The van der Waals surface area contributed by atoms with Crippen LogP contribution in [0, 0.1) is 0 Å².